The van der Waals surface area contributed by atoms with Gasteiger partial charge in [-0.25, -0.2) is 14.4 Å². The fourth-order valence-electron chi connectivity index (χ4n) is 6.97. The van der Waals surface area contributed by atoms with Gasteiger partial charge in [-0.1, -0.05) is 13.3 Å². The van der Waals surface area contributed by atoms with E-state index in [-0.39, 0.29) is 55.0 Å². The summed E-state index contributed by atoms with van der Waals surface area (Å²) in [7, 11) is 2.88. The molecule has 1 spiro atoms. The number of nitrogens with one attached hydrogen (secondary N) is 1. The number of nitrogens with zero attached hydrogens (tertiary/aromatic N) is 5. The molecule has 0 radical (unpaired) electrons. The van der Waals surface area contributed by atoms with Gasteiger partial charge in [0.1, 0.15) is 28.7 Å². The smallest absolute Gasteiger partial charge is 0.433 e. The van der Waals surface area contributed by atoms with Gasteiger partial charge >= 0.3 is 6.18 Å². The van der Waals surface area contributed by atoms with Crippen molar-refractivity contribution in [1.82, 2.24) is 20.3 Å². The number of amides is 2. The predicted octanol–water partition coefficient (Wildman–Crippen LogP) is 4.54. The highest BCUT2D eigenvalue weighted by atomic mass is 19.4. The molecule has 2 amide bonds. The Morgan fingerprint density at radius 3 is 2.39 bits per heavy atom. The summed E-state index contributed by atoms with van der Waals surface area (Å²) in [5, 5.41) is 2.85. The number of carbonyl (C=O) groups is 2. The van der Waals surface area contributed by atoms with Crippen LogP contribution in [0, 0.1) is 12.7 Å². The predicted molar refractivity (Wildman–Crippen MR) is 172 cm³/mol. The molecule has 260 valence electrons. The van der Waals surface area contributed by atoms with Crippen molar-refractivity contribution in [3.63, 3.8) is 0 Å². The number of ether oxygens (including phenoxy) is 2. The number of rotatable bonds is 9. The minimum absolute atomic E-state index is 0.0154. The van der Waals surface area contributed by atoms with Gasteiger partial charge in [0.25, 0.3) is 5.91 Å². The van der Waals surface area contributed by atoms with Gasteiger partial charge in [-0.15, -0.1) is 0 Å². The number of halogens is 4. The van der Waals surface area contributed by atoms with Crippen molar-refractivity contribution >= 4 is 23.3 Å². The van der Waals surface area contributed by atoms with Crippen molar-refractivity contribution < 1.29 is 36.6 Å². The Labute approximate surface area is 280 Å². The highest BCUT2D eigenvalue weighted by Gasteiger charge is 2.48. The third kappa shape index (κ3) is 6.31. The SMILES string of the molecule is COCc1c(F)cc(-c2c(C)nc(CC(N)=O)nc2OC)cc1N1CCC2(CC1)N=C(c1ccc(C(F)(F)F)nc1C1(C)CCC1)NC2=O. The second kappa shape index (κ2) is 12.7. The van der Waals surface area contributed by atoms with Gasteiger partial charge in [-0.2, -0.15) is 18.2 Å². The molecule has 0 atom stereocenters. The van der Waals surface area contributed by atoms with E-state index >= 15 is 4.39 Å². The minimum atomic E-state index is -4.61. The first-order chi connectivity index (χ1) is 23.2. The summed E-state index contributed by atoms with van der Waals surface area (Å²) < 4.78 is 67.5. The quantitative estimate of drug-likeness (QED) is 0.313. The first-order valence-corrected chi connectivity index (χ1v) is 15.9. The average Bonchev–Trinajstić information content (AvgIpc) is 3.34. The molecule has 49 heavy (non-hydrogen) atoms. The molecule has 11 nitrogen and oxygen atoms in total. The van der Waals surface area contributed by atoms with Crippen molar-refractivity contribution in [2.45, 2.75) is 76.1 Å². The molecule has 1 aromatic carbocycles. The van der Waals surface area contributed by atoms with Crippen molar-refractivity contribution in [3.8, 4) is 17.0 Å². The van der Waals surface area contributed by atoms with E-state index in [1.54, 1.807) is 13.0 Å². The Bertz CT molecular complexity index is 1850. The van der Waals surface area contributed by atoms with Crippen molar-refractivity contribution in [1.29, 1.82) is 0 Å². The molecule has 3 aromatic rings. The third-order valence-corrected chi connectivity index (χ3v) is 9.76. The molecular formula is C34H37F4N7O4. The number of hydrogen-bond donors (Lipinski definition) is 2. The number of amidine groups is 1. The normalized spacial score (nSPS) is 18.2. The molecule has 2 aromatic heterocycles. The van der Waals surface area contributed by atoms with Gasteiger partial charge in [0.15, 0.2) is 0 Å². The number of pyridine rings is 1. The van der Waals surface area contributed by atoms with Crippen molar-refractivity contribution in [2.75, 3.05) is 32.2 Å². The Kier molecular flexibility index (Phi) is 8.84. The molecule has 3 aliphatic rings. The number of primary amides is 1. The zero-order chi connectivity index (χ0) is 35.3. The van der Waals surface area contributed by atoms with Gasteiger partial charge < -0.3 is 25.4 Å². The van der Waals surface area contributed by atoms with Crippen LogP contribution >= 0.6 is 0 Å². The molecule has 1 saturated heterocycles. The fourth-order valence-corrected chi connectivity index (χ4v) is 6.97. The lowest BCUT2D eigenvalue weighted by molar-refractivity contribution is -0.141. The van der Waals surface area contributed by atoms with E-state index in [1.165, 1.54) is 26.4 Å². The minimum Gasteiger partial charge on any atom is -0.480 e. The van der Waals surface area contributed by atoms with E-state index < -0.39 is 34.5 Å². The second-order valence-corrected chi connectivity index (χ2v) is 13.1. The number of alkyl halides is 3. The Morgan fingerprint density at radius 1 is 1.08 bits per heavy atom. The van der Waals surface area contributed by atoms with E-state index in [9.17, 15) is 22.8 Å². The summed E-state index contributed by atoms with van der Waals surface area (Å²) in [5.74, 6) is -0.910. The summed E-state index contributed by atoms with van der Waals surface area (Å²) >= 11 is 0. The molecule has 6 rings (SSSR count). The highest BCUT2D eigenvalue weighted by Crippen LogP contribution is 2.46. The van der Waals surface area contributed by atoms with Gasteiger partial charge in [0, 0.05) is 42.4 Å². The summed E-state index contributed by atoms with van der Waals surface area (Å²) in [6.45, 7) is 4.22. The first kappa shape index (κ1) is 34.2. The number of nitrogens with two attached hydrogens (primary N) is 1. The summed E-state index contributed by atoms with van der Waals surface area (Å²) in [6, 6.07) is 5.42. The Balaban J connectivity index is 1.32. The molecule has 15 heteroatoms. The lowest BCUT2D eigenvalue weighted by atomic mass is 9.67. The summed E-state index contributed by atoms with van der Waals surface area (Å²) in [4.78, 5) is 44.6. The average molecular weight is 684 g/mol. The van der Waals surface area contributed by atoms with Crippen LogP contribution in [0.15, 0.2) is 29.3 Å². The van der Waals surface area contributed by atoms with E-state index in [0.717, 1.165) is 12.5 Å². The van der Waals surface area contributed by atoms with Gasteiger partial charge in [-0.3, -0.25) is 14.6 Å². The number of benzene rings is 1. The standard InChI is InChI=1S/C34H37F4N7O4/c1-18-27(30(49-4)42-26(40-18)16-25(39)46)19-14-22(35)21(17-48-3)23(15-19)45-12-10-33(11-13-45)31(47)43-29(44-33)20-6-7-24(34(36,37)38)41-28(20)32(2)8-5-9-32/h6-7,14-15H,5,8-13,16-17H2,1-4H3,(H2,39,46)(H,43,44,47). The van der Waals surface area contributed by atoms with Crippen LogP contribution in [0.4, 0.5) is 23.2 Å². The van der Waals surface area contributed by atoms with Crippen LogP contribution in [0.5, 0.6) is 5.88 Å². The number of hydrogen-bond acceptors (Lipinski definition) is 9. The number of piperidine rings is 1. The van der Waals surface area contributed by atoms with Crippen molar-refractivity contribution in [3.05, 3.63) is 64.1 Å². The maximum atomic E-state index is 15.8. The molecule has 1 saturated carbocycles. The zero-order valence-electron chi connectivity index (χ0n) is 27.6. The molecule has 3 N–H and O–H groups in total. The van der Waals surface area contributed by atoms with E-state index in [2.05, 4.69) is 20.3 Å². The molecule has 0 bridgehead atoms. The topological polar surface area (TPSA) is 145 Å². The van der Waals surface area contributed by atoms with E-state index in [0.29, 0.717) is 59.6 Å². The third-order valence-electron chi connectivity index (χ3n) is 9.76. The number of aromatic nitrogens is 3. The number of methoxy groups -OCH3 is 2. The lowest BCUT2D eigenvalue weighted by Crippen LogP contribution is -2.49. The largest absolute Gasteiger partial charge is 0.480 e. The van der Waals surface area contributed by atoms with Crippen LogP contribution in [0.3, 0.4) is 0 Å². The van der Waals surface area contributed by atoms with Crippen LogP contribution in [0.25, 0.3) is 11.1 Å². The van der Waals surface area contributed by atoms with Crippen LogP contribution in [0.1, 0.15) is 73.1 Å². The first-order valence-electron chi connectivity index (χ1n) is 15.9. The van der Waals surface area contributed by atoms with Crippen LogP contribution < -0.4 is 20.7 Å². The maximum Gasteiger partial charge on any atom is 0.433 e. The number of aliphatic imine (C=N–C) groups is 1. The van der Waals surface area contributed by atoms with Gasteiger partial charge in [0.05, 0.1) is 37.1 Å². The maximum absolute atomic E-state index is 15.8. The van der Waals surface area contributed by atoms with Crippen LogP contribution in [-0.2, 0) is 38.9 Å². The Hall–Kier alpha value is -4.66. The molecule has 0 unspecified atom stereocenters. The second-order valence-electron chi connectivity index (χ2n) is 13.1. The highest BCUT2D eigenvalue weighted by molar-refractivity contribution is 6.16. The Morgan fingerprint density at radius 2 is 1.80 bits per heavy atom. The zero-order valence-corrected chi connectivity index (χ0v) is 27.6. The number of carbonyl (C=O) groups excluding carboxylic acids is 2. The van der Waals surface area contributed by atoms with Crippen LogP contribution in [-0.4, -0.2) is 65.4 Å². The van der Waals surface area contributed by atoms with Crippen LogP contribution in [0.2, 0.25) is 0 Å². The van der Waals surface area contributed by atoms with Crippen molar-refractivity contribution in [2.24, 2.45) is 10.7 Å². The molecular weight excluding hydrogens is 646 g/mol. The molecule has 1 aliphatic carbocycles. The van der Waals surface area contributed by atoms with Gasteiger partial charge in [-0.05, 0) is 62.4 Å². The summed E-state index contributed by atoms with van der Waals surface area (Å²) in [6.07, 6.45) is -2.00. The monoisotopic (exact) mass is 683 g/mol. The number of aryl methyl sites for hydroxylation is 1. The fraction of sp³-hybridized carbons (Fsp3) is 0.471. The van der Waals surface area contributed by atoms with E-state index in [4.69, 9.17) is 20.2 Å². The lowest BCUT2D eigenvalue weighted by Gasteiger charge is -2.39. The number of anilines is 1. The van der Waals surface area contributed by atoms with E-state index in [1.807, 2.05) is 11.8 Å². The van der Waals surface area contributed by atoms with Gasteiger partial charge in [0.2, 0.25) is 11.8 Å². The molecule has 4 heterocycles. The molecule has 2 aliphatic heterocycles. The summed E-state index contributed by atoms with van der Waals surface area (Å²) in [5.41, 5.74) is 5.55. The molecule has 2 fully saturated rings.